The molecule has 2 heterocycles. The number of piperidine rings is 1. The van der Waals surface area contributed by atoms with Crippen LogP contribution in [0.5, 0.6) is 0 Å². The molecule has 154 valence electrons. The Morgan fingerprint density at radius 2 is 1.93 bits per heavy atom. The van der Waals surface area contributed by atoms with Gasteiger partial charge in [-0.05, 0) is 66.5 Å². The number of carbonyl (C=O) groups excluding carboxylic acids is 1. The van der Waals surface area contributed by atoms with E-state index in [0.717, 1.165) is 41.0 Å². The number of amidine groups is 1. The van der Waals surface area contributed by atoms with E-state index >= 15 is 0 Å². The average molecular weight is 418 g/mol. The Kier molecular flexibility index (Phi) is 5.73. The molecule has 2 atom stereocenters. The van der Waals surface area contributed by atoms with E-state index in [0.29, 0.717) is 5.84 Å². The molecule has 4 rings (SSSR count). The van der Waals surface area contributed by atoms with Crippen LogP contribution in [0.25, 0.3) is 11.1 Å². The third-order valence-corrected chi connectivity index (χ3v) is 7.15. The van der Waals surface area contributed by atoms with Crippen LogP contribution in [-0.4, -0.2) is 11.6 Å². The smallest absolute Gasteiger partial charge is 0.146 e. The molecule has 3 aromatic rings. The van der Waals surface area contributed by atoms with Gasteiger partial charge in [0.25, 0.3) is 0 Å². The first-order valence-electron chi connectivity index (χ1n) is 10.3. The van der Waals surface area contributed by atoms with Gasteiger partial charge in [0.05, 0.1) is 12.0 Å². The van der Waals surface area contributed by atoms with Crippen molar-refractivity contribution in [3.05, 3.63) is 76.5 Å². The maximum atomic E-state index is 13.0. The quantitative estimate of drug-likeness (QED) is 0.470. The Morgan fingerprint density at radius 1 is 1.13 bits per heavy atom. The van der Waals surface area contributed by atoms with Crippen molar-refractivity contribution in [2.75, 3.05) is 5.73 Å². The lowest BCUT2D eigenvalue weighted by molar-refractivity contribution is -0.125. The minimum Gasteiger partial charge on any atom is -0.399 e. The Hall–Kier alpha value is -2.92. The highest BCUT2D eigenvalue weighted by molar-refractivity contribution is 7.10. The number of Topliss-reactive ketones (excluding diaryl/α,β-unsaturated/α-hetero) is 1. The topological polar surface area (TPSA) is 79.0 Å². The van der Waals surface area contributed by atoms with Crippen LogP contribution >= 0.6 is 11.3 Å². The number of hydrogen-bond donors (Lipinski definition) is 3. The summed E-state index contributed by atoms with van der Waals surface area (Å²) < 4.78 is 0. The molecule has 4 N–H and O–H groups in total. The zero-order chi connectivity index (χ0) is 21.1. The predicted octanol–water partition coefficient (Wildman–Crippen LogP) is 5.39. The third kappa shape index (κ3) is 4.17. The molecule has 0 spiro atoms. The molecule has 1 fully saturated rings. The molecule has 1 aromatic heterocycles. The minimum atomic E-state index is -0.563. The van der Waals surface area contributed by atoms with Crippen LogP contribution < -0.4 is 11.1 Å². The van der Waals surface area contributed by atoms with Crippen molar-refractivity contribution in [2.24, 2.45) is 5.92 Å². The van der Waals surface area contributed by atoms with Crippen LogP contribution in [0.2, 0.25) is 0 Å². The van der Waals surface area contributed by atoms with Crippen LogP contribution in [0, 0.1) is 11.3 Å². The number of carbonyl (C=O) groups is 1. The Morgan fingerprint density at radius 3 is 2.70 bits per heavy atom. The van der Waals surface area contributed by atoms with E-state index in [1.54, 1.807) is 11.3 Å². The minimum absolute atomic E-state index is 0.150. The number of anilines is 1. The second kappa shape index (κ2) is 8.44. The first-order chi connectivity index (χ1) is 14.5. The van der Waals surface area contributed by atoms with Crippen LogP contribution in [0.15, 0.2) is 66.0 Å². The number of nitrogens with two attached hydrogens (primary N) is 1. The van der Waals surface area contributed by atoms with Crippen LogP contribution in [0.1, 0.15) is 36.6 Å². The number of hydrogen-bond acceptors (Lipinski definition) is 4. The molecule has 1 aliphatic heterocycles. The largest absolute Gasteiger partial charge is 0.399 e. The lowest BCUT2D eigenvalue weighted by atomic mass is 9.74. The van der Waals surface area contributed by atoms with E-state index in [-0.39, 0.29) is 18.1 Å². The molecule has 4 nitrogen and oxygen atoms in total. The van der Waals surface area contributed by atoms with Crippen molar-refractivity contribution in [3.63, 3.8) is 0 Å². The lowest BCUT2D eigenvalue weighted by Crippen LogP contribution is -2.56. The summed E-state index contributed by atoms with van der Waals surface area (Å²) in [6.45, 7) is 2.07. The maximum Gasteiger partial charge on any atom is 0.146 e. The first-order valence-corrected chi connectivity index (χ1v) is 11.2. The van der Waals surface area contributed by atoms with Crippen molar-refractivity contribution in [1.82, 2.24) is 5.32 Å². The van der Waals surface area contributed by atoms with Crippen LogP contribution in [0.4, 0.5) is 5.69 Å². The van der Waals surface area contributed by atoms with Gasteiger partial charge >= 0.3 is 0 Å². The second-order valence-electron chi connectivity index (χ2n) is 8.20. The fourth-order valence-corrected chi connectivity index (χ4v) is 5.47. The van der Waals surface area contributed by atoms with Crippen molar-refractivity contribution < 1.29 is 4.79 Å². The lowest BCUT2D eigenvalue weighted by Gasteiger charge is -2.41. The Balaban J connectivity index is 1.58. The summed E-state index contributed by atoms with van der Waals surface area (Å²) >= 11 is 1.64. The molecule has 0 aliphatic carbocycles. The zero-order valence-electron chi connectivity index (χ0n) is 17.2. The van der Waals surface area contributed by atoms with Gasteiger partial charge in [-0.2, -0.15) is 0 Å². The van der Waals surface area contributed by atoms with Gasteiger partial charge in [-0.1, -0.05) is 42.5 Å². The normalized spacial score (nSPS) is 21.4. The van der Waals surface area contributed by atoms with Gasteiger partial charge in [-0.3, -0.25) is 10.2 Å². The first kappa shape index (κ1) is 20.4. The number of nitrogens with one attached hydrogen (secondary N) is 2. The summed E-state index contributed by atoms with van der Waals surface area (Å²) in [5.41, 5.74) is 9.58. The van der Waals surface area contributed by atoms with Crippen molar-refractivity contribution in [2.45, 2.75) is 38.1 Å². The number of aryl methyl sites for hydroxylation is 1. The van der Waals surface area contributed by atoms with Crippen molar-refractivity contribution in [1.29, 1.82) is 5.41 Å². The number of rotatable bonds is 6. The fraction of sp³-hybridized carbons (Fsp3) is 0.280. The predicted molar refractivity (Wildman–Crippen MR) is 125 cm³/mol. The molecule has 1 saturated heterocycles. The SMILES string of the molecule is C[C@]1(c2cc(-c3cccc(N)c3)cs2)NC(=N)CC(=O)C1CCCc1ccccc1. The standard InChI is InChI=1S/C25H27N3OS/c1-25(23-14-19(16-30-23)18-10-6-11-20(26)13-18)21(22(29)15-24(27)28-25)12-5-9-17-7-3-2-4-8-17/h2-4,6-8,10-11,13-14,16,21H,5,9,12,15,26H2,1H3,(H2,27,28)/t21?,25-/m0/s1. The van der Waals surface area contributed by atoms with Gasteiger partial charge < -0.3 is 11.1 Å². The summed E-state index contributed by atoms with van der Waals surface area (Å²) in [6, 6.07) is 20.4. The summed E-state index contributed by atoms with van der Waals surface area (Å²) in [5.74, 6) is 0.316. The molecule has 0 radical (unpaired) electrons. The highest BCUT2D eigenvalue weighted by Crippen LogP contribution is 2.41. The van der Waals surface area contributed by atoms with Crippen LogP contribution in [-0.2, 0) is 16.8 Å². The monoisotopic (exact) mass is 417 g/mol. The van der Waals surface area contributed by atoms with Crippen LogP contribution in [0.3, 0.4) is 0 Å². The summed E-state index contributed by atoms with van der Waals surface area (Å²) in [6.07, 6.45) is 2.89. The number of ketones is 1. The molecule has 0 amide bonds. The maximum absolute atomic E-state index is 13.0. The number of nitrogen functional groups attached to an aromatic ring is 1. The summed E-state index contributed by atoms with van der Waals surface area (Å²) in [7, 11) is 0. The van der Waals surface area contributed by atoms with E-state index in [1.165, 1.54) is 5.56 Å². The van der Waals surface area contributed by atoms with E-state index in [1.807, 2.05) is 30.3 Å². The second-order valence-corrected chi connectivity index (χ2v) is 9.12. The molecular formula is C25H27N3OS. The van der Waals surface area contributed by atoms with Crippen molar-refractivity contribution in [3.8, 4) is 11.1 Å². The van der Waals surface area contributed by atoms with E-state index in [9.17, 15) is 4.79 Å². The highest BCUT2D eigenvalue weighted by atomic mass is 32.1. The molecule has 30 heavy (non-hydrogen) atoms. The molecule has 2 aromatic carbocycles. The molecule has 0 saturated carbocycles. The van der Waals surface area contributed by atoms with Gasteiger partial charge in [0.1, 0.15) is 11.6 Å². The Bertz CT molecular complexity index is 1060. The molecule has 5 heteroatoms. The van der Waals surface area contributed by atoms with Gasteiger partial charge in [0, 0.05) is 16.5 Å². The molecule has 0 bridgehead atoms. The molecular weight excluding hydrogens is 390 g/mol. The third-order valence-electron chi connectivity index (χ3n) is 5.98. The molecule has 1 unspecified atom stereocenters. The van der Waals surface area contributed by atoms with E-state index < -0.39 is 5.54 Å². The summed E-state index contributed by atoms with van der Waals surface area (Å²) in [4.78, 5) is 14.1. The number of benzene rings is 2. The van der Waals surface area contributed by atoms with Gasteiger partial charge in [0.15, 0.2) is 0 Å². The zero-order valence-corrected chi connectivity index (χ0v) is 18.0. The molecule has 1 aliphatic rings. The van der Waals surface area contributed by atoms with Gasteiger partial charge in [-0.15, -0.1) is 11.3 Å². The van der Waals surface area contributed by atoms with E-state index in [4.69, 9.17) is 11.1 Å². The summed E-state index contributed by atoms with van der Waals surface area (Å²) in [5, 5.41) is 13.7. The van der Waals surface area contributed by atoms with Gasteiger partial charge in [0.2, 0.25) is 0 Å². The fourth-order valence-electron chi connectivity index (χ4n) is 4.38. The average Bonchev–Trinajstić information content (AvgIpc) is 3.22. The van der Waals surface area contributed by atoms with Crippen molar-refractivity contribution >= 4 is 28.6 Å². The van der Waals surface area contributed by atoms with E-state index in [2.05, 4.69) is 48.0 Å². The van der Waals surface area contributed by atoms with Gasteiger partial charge in [-0.25, -0.2) is 0 Å². The highest BCUT2D eigenvalue weighted by Gasteiger charge is 2.45. The number of thiophene rings is 1. The Labute approximate surface area is 181 Å².